The van der Waals surface area contributed by atoms with Crippen molar-refractivity contribution in [2.45, 2.75) is 19.9 Å². The number of furan rings is 1. The summed E-state index contributed by atoms with van der Waals surface area (Å²) in [5, 5.41) is 11.3. The lowest BCUT2D eigenvalue weighted by Gasteiger charge is -2.26. The van der Waals surface area contributed by atoms with Gasteiger partial charge in [-0.25, -0.2) is 9.79 Å². The number of benzene rings is 2. The number of allylic oxidation sites excluding steroid dienone is 1. The molecular formula is C29H24ClN3O8S. The minimum absolute atomic E-state index is 0.0105. The van der Waals surface area contributed by atoms with Crippen LogP contribution in [0.15, 0.2) is 74.0 Å². The highest BCUT2D eigenvalue weighted by Crippen LogP contribution is 2.38. The van der Waals surface area contributed by atoms with Crippen molar-refractivity contribution in [3.05, 3.63) is 106 Å². The van der Waals surface area contributed by atoms with E-state index in [1.165, 1.54) is 30.9 Å². The predicted octanol–water partition coefficient (Wildman–Crippen LogP) is 4.64. The Kier molecular flexibility index (Phi) is 8.01. The van der Waals surface area contributed by atoms with Crippen LogP contribution in [0.3, 0.4) is 0 Å². The maximum absolute atomic E-state index is 13.9. The number of nitro benzene ring substituents is 1. The lowest BCUT2D eigenvalue weighted by atomic mass is 9.95. The molecule has 0 spiro atoms. The second kappa shape index (κ2) is 11.7. The van der Waals surface area contributed by atoms with Crippen LogP contribution < -0.4 is 24.4 Å². The summed E-state index contributed by atoms with van der Waals surface area (Å²) in [6, 6.07) is 11.9. The summed E-state index contributed by atoms with van der Waals surface area (Å²) < 4.78 is 24.0. The monoisotopic (exact) mass is 609 g/mol. The molecule has 5 rings (SSSR count). The molecule has 0 fully saturated rings. The lowest BCUT2D eigenvalue weighted by molar-refractivity contribution is -0.384. The fourth-order valence-electron chi connectivity index (χ4n) is 4.66. The Balaban J connectivity index is 1.66. The number of esters is 1. The van der Waals surface area contributed by atoms with Gasteiger partial charge in [-0.05, 0) is 56.3 Å². The van der Waals surface area contributed by atoms with Gasteiger partial charge in [-0.1, -0.05) is 22.9 Å². The van der Waals surface area contributed by atoms with E-state index in [0.29, 0.717) is 49.2 Å². The lowest BCUT2D eigenvalue weighted by Crippen LogP contribution is -2.40. The van der Waals surface area contributed by atoms with Gasteiger partial charge in [0.2, 0.25) is 0 Å². The van der Waals surface area contributed by atoms with Gasteiger partial charge >= 0.3 is 5.97 Å². The molecule has 2 aromatic carbocycles. The van der Waals surface area contributed by atoms with Crippen LogP contribution in [0.4, 0.5) is 5.69 Å². The van der Waals surface area contributed by atoms with Gasteiger partial charge in [-0.3, -0.25) is 19.5 Å². The van der Waals surface area contributed by atoms with Crippen molar-refractivity contribution in [1.29, 1.82) is 0 Å². The van der Waals surface area contributed by atoms with E-state index in [1.54, 1.807) is 56.3 Å². The Morgan fingerprint density at radius 1 is 1.19 bits per heavy atom. The number of rotatable bonds is 8. The van der Waals surface area contributed by atoms with E-state index in [2.05, 4.69) is 4.99 Å². The molecule has 0 saturated heterocycles. The molecule has 2 aromatic heterocycles. The molecule has 13 heteroatoms. The highest BCUT2D eigenvalue weighted by Gasteiger charge is 2.35. The number of carbonyl (C=O) groups excluding carboxylic acids is 1. The van der Waals surface area contributed by atoms with Crippen molar-refractivity contribution < 1.29 is 28.3 Å². The van der Waals surface area contributed by atoms with Crippen LogP contribution in [0.1, 0.15) is 31.2 Å². The zero-order valence-electron chi connectivity index (χ0n) is 22.9. The van der Waals surface area contributed by atoms with Crippen LogP contribution in [0.5, 0.6) is 11.5 Å². The van der Waals surface area contributed by atoms with Gasteiger partial charge in [-0.15, -0.1) is 0 Å². The maximum Gasteiger partial charge on any atom is 0.338 e. The Hall–Kier alpha value is -4.68. The fourth-order valence-corrected chi connectivity index (χ4v) is 5.87. The first kappa shape index (κ1) is 28.8. The molecule has 0 amide bonds. The first-order valence-electron chi connectivity index (χ1n) is 12.6. The van der Waals surface area contributed by atoms with Crippen LogP contribution in [-0.2, 0) is 9.53 Å². The number of carbonyl (C=O) groups is 1. The Morgan fingerprint density at radius 3 is 2.67 bits per heavy atom. The molecular weight excluding hydrogens is 586 g/mol. The van der Waals surface area contributed by atoms with E-state index >= 15 is 0 Å². The van der Waals surface area contributed by atoms with Gasteiger partial charge in [0, 0.05) is 23.3 Å². The third kappa shape index (κ3) is 5.21. The highest BCUT2D eigenvalue weighted by atomic mass is 35.5. The molecule has 0 bridgehead atoms. The number of thiazole rings is 1. The summed E-state index contributed by atoms with van der Waals surface area (Å²) in [5.41, 5.74) is 0.912. The molecule has 1 atom stereocenters. The predicted molar refractivity (Wildman–Crippen MR) is 156 cm³/mol. The SMILES string of the molecule is CCOC(=O)C1=C(C)N=c2s/c(=C/c3ccc(-c4ccc(Cl)c([N+](=O)[O-])c4)o3)c(=O)n2[C@H]1c1cc(OC)ccc1OC. The summed E-state index contributed by atoms with van der Waals surface area (Å²) >= 11 is 7.06. The Labute approximate surface area is 247 Å². The highest BCUT2D eigenvalue weighted by molar-refractivity contribution is 7.07. The molecule has 0 aliphatic carbocycles. The normalized spacial score (nSPS) is 14.8. The quantitative estimate of drug-likeness (QED) is 0.160. The summed E-state index contributed by atoms with van der Waals surface area (Å²) in [7, 11) is 3.02. The zero-order valence-corrected chi connectivity index (χ0v) is 24.4. The third-order valence-corrected chi connectivity index (χ3v) is 7.88. The number of hydrogen-bond acceptors (Lipinski definition) is 10. The molecule has 216 valence electrons. The van der Waals surface area contributed by atoms with Gasteiger partial charge in [0.05, 0.1) is 41.6 Å². The average molecular weight is 610 g/mol. The minimum atomic E-state index is -0.908. The molecule has 0 saturated carbocycles. The van der Waals surface area contributed by atoms with Crippen LogP contribution in [0.25, 0.3) is 17.4 Å². The van der Waals surface area contributed by atoms with Gasteiger partial charge in [-0.2, -0.15) is 0 Å². The third-order valence-electron chi connectivity index (χ3n) is 6.58. The Bertz CT molecular complexity index is 1940. The number of ether oxygens (including phenoxy) is 3. The van der Waals surface area contributed by atoms with E-state index in [4.69, 9.17) is 30.2 Å². The number of nitrogens with zero attached hydrogens (tertiary/aromatic N) is 3. The second-order valence-corrected chi connectivity index (χ2v) is 10.5. The maximum atomic E-state index is 13.9. The standard InChI is InChI=1S/C29H24ClN3O8S/c1-5-40-28(35)25-15(2)31-29-32(26(25)19-13-17(38-3)7-11-23(19)39-4)27(34)24(42-29)14-18-8-10-22(41-18)16-6-9-20(30)21(12-16)33(36)37/h6-14,26H,5H2,1-4H3/b24-14+/t26-/m0/s1. The van der Waals surface area contributed by atoms with Crippen molar-refractivity contribution in [2.75, 3.05) is 20.8 Å². The molecule has 4 aromatic rings. The number of hydrogen-bond donors (Lipinski definition) is 0. The topological polar surface area (TPSA) is 135 Å². The van der Waals surface area contributed by atoms with Crippen LogP contribution in [0, 0.1) is 10.1 Å². The fraction of sp³-hybridized carbons (Fsp3) is 0.207. The van der Waals surface area contributed by atoms with Gasteiger partial charge in [0.1, 0.15) is 34.1 Å². The molecule has 0 N–H and O–H groups in total. The molecule has 0 unspecified atom stereocenters. The van der Waals surface area contributed by atoms with E-state index in [1.807, 2.05) is 0 Å². The molecule has 11 nitrogen and oxygen atoms in total. The van der Waals surface area contributed by atoms with E-state index in [9.17, 15) is 19.7 Å². The van der Waals surface area contributed by atoms with Crippen molar-refractivity contribution in [1.82, 2.24) is 4.57 Å². The average Bonchev–Trinajstić information content (AvgIpc) is 3.56. The number of aromatic nitrogens is 1. The molecule has 1 aliphatic rings. The molecule has 1 aliphatic heterocycles. The van der Waals surface area contributed by atoms with E-state index in [-0.39, 0.29) is 22.9 Å². The molecule has 3 heterocycles. The number of methoxy groups -OCH3 is 2. The largest absolute Gasteiger partial charge is 0.497 e. The molecule has 0 radical (unpaired) electrons. The van der Waals surface area contributed by atoms with Crippen LogP contribution in [-0.4, -0.2) is 36.3 Å². The zero-order chi connectivity index (χ0) is 30.1. The second-order valence-electron chi connectivity index (χ2n) is 9.04. The van der Waals surface area contributed by atoms with Crippen LogP contribution >= 0.6 is 22.9 Å². The Morgan fingerprint density at radius 2 is 1.98 bits per heavy atom. The summed E-state index contributed by atoms with van der Waals surface area (Å²) in [4.78, 5) is 42.8. The molecule has 42 heavy (non-hydrogen) atoms. The van der Waals surface area contributed by atoms with E-state index in [0.717, 1.165) is 11.3 Å². The first-order valence-corrected chi connectivity index (χ1v) is 13.8. The van der Waals surface area contributed by atoms with Crippen molar-refractivity contribution in [3.8, 4) is 22.8 Å². The summed E-state index contributed by atoms with van der Waals surface area (Å²) in [6.07, 6.45) is 1.56. The van der Waals surface area contributed by atoms with Gasteiger partial charge in [0.15, 0.2) is 4.80 Å². The van der Waals surface area contributed by atoms with Crippen molar-refractivity contribution >= 4 is 40.7 Å². The smallest absolute Gasteiger partial charge is 0.338 e. The number of nitro groups is 1. The van der Waals surface area contributed by atoms with Crippen molar-refractivity contribution in [2.24, 2.45) is 4.99 Å². The van der Waals surface area contributed by atoms with Gasteiger partial charge in [0.25, 0.3) is 11.2 Å². The minimum Gasteiger partial charge on any atom is -0.497 e. The summed E-state index contributed by atoms with van der Waals surface area (Å²) in [6.45, 7) is 3.52. The van der Waals surface area contributed by atoms with Gasteiger partial charge < -0.3 is 18.6 Å². The number of halogens is 1. The first-order chi connectivity index (χ1) is 20.2. The van der Waals surface area contributed by atoms with Crippen molar-refractivity contribution in [3.63, 3.8) is 0 Å². The van der Waals surface area contributed by atoms with Crippen LogP contribution in [0.2, 0.25) is 5.02 Å². The summed E-state index contributed by atoms with van der Waals surface area (Å²) in [5.74, 6) is 1.05. The number of fused-ring (bicyclic) bond motifs is 1. The van der Waals surface area contributed by atoms with E-state index < -0.39 is 22.5 Å².